The highest BCUT2D eigenvalue weighted by molar-refractivity contribution is 5.81. The molecule has 0 aromatic rings. The van der Waals surface area contributed by atoms with Crippen LogP contribution in [-0.4, -0.2) is 5.71 Å². The molecule has 1 heteroatoms. The van der Waals surface area contributed by atoms with E-state index < -0.39 is 0 Å². The minimum absolute atomic E-state index is 0.885. The van der Waals surface area contributed by atoms with Gasteiger partial charge in [-0.15, -0.1) is 6.58 Å². The highest BCUT2D eigenvalue weighted by atomic mass is 14.4. The molecule has 0 radical (unpaired) electrons. The summed E-state index contributed by atoms with van der Waals surface area (Å²) in [5.74, 6) is 0. The zero-order chi connectivity index (χ0) is 10.8. The first-order valence-corrected chi connectivity index (χ1v) is 5.54. The molecule has 1 N–H and O–H groups in total. The number of nitrogens with one attached hydrogen (secondary N) is 1. The Labute approximate surface area is 88.4 Å². The Hall–Kier alpha value is -0.850. The third-order valence-corrected chi connectivity index (χ3v) is 2.40. The Balaban J connectivity index is 3.35. The zero-order valence-corrected chi connectivity index (χ0v) is 9.44. The largest absolute Gasteiger partial charge is 0.310 e. The predicted octanol–water partition coefficient (Wildman–Crippen LogP) is 4.50. The van der Waals surface area contributed by atoms with Gasteiger partial charge >= 0.3 is 0 Å². The van der Waals surface area contributed by atoms with Crippen LogP contribution < -0.4 is 0 Å². The normalized spacial score (nSPS) is 9.79. The molecular weight excluding hydrogens is 170 g/mol. The van der Waals surface area contributed by atoms with E-state index in [0.29, 0.717) is 0 Å². The lowest BCUT2D eigenvalue weighted by Gasteiger charge is -2.04. The van der Waals surface area contributed by atoms with Crippen LogP contribution in [-0.2, 0) is 0 Å². The summed E-state index contributed by atoms with van der Waals surface area (Å²) >= 11 is 0. The van der Waals surface area contributed by atoms with Crippen LogP contribution in [0.4, 0.5) is 0 Å². The summed E-state index contributed by atoms with van der Waals surface area (Å²) in [7, 11) is 0. The fourth-order valence-corrected chi connectivity index (χ4v) is 1.31. The van der Waals surface area contributed by atoms with Crippen molar-refractivity contribution in [2.75, 3.05) is 0 Å². The van der Waals surface area contributed by atoms with E-state index in [9.17, 15) is 0 Å². The molecule has 1 nitrogen and oxygen atoms in total. The summed E-state index contributed by atoms with van der Waals surface area (Å²) < 4.78 is 0. The van der Waals surface area contributed by atoms with E-state index in [0.717, 1.165) is 50.7 Å². The van der Waals surface area contributed by atoms with Gasteiger partial charge < -0.3 is 5.41 Å². The van der Waals surface area contributed by atoms with E-state index in [-0.39, 0.29) is 0 Å². The van der Waals surface area contributed by atoms with Crippen LogP contribution in [0.25, 0.3) is 0 Å². The van der Waals surface area contributed by atoms with Crippen LogP contribution in [0.5, 0.6) is 0 Å². The molecule has 14 heavy (non-hydrogen) atoms. The number of allylic oxidation sites excluding steroid dienone is 2. The zero-order valence-electron chi connectivity index (χ0n) is 9.44. The fraction of sp³-hybridized carbons (Fsp3) is 0.615. The maximum atomic E-state index is 7.70. The van der Waals surface area contributed by atoms with Gasteiger partial charge in [0, 0.05) is 5.71 Å². The Morgan fingerprint density at radius 3 is 2.43 bits per heavy atom. The molecule has 0 spiro atoms. The summed E-state index contributed by atoms with van der Waals surface area (Å²) in [6.07, 6.45) is 9.16. The topological polar surface area (TPSA) is 23.9 Å². The van der Waals surface area contributed by atoms with E-state index >= 15 is 0 Å². The van der Waals surface area contributed by atoms with Gasteiger partial charge in [0.05, 0.1) is 0 Å². The van der Waals surface area contributed by atoms with Gasteiger partial charge in [-0.25, -0.2) is 0 Å². The molecule has 0 aliphatic rings. The van der Waals surface area contributed by atoms with Gasteiger partial charge in [0.1, 0.15) is 0 Å². The van der Waals surface area contributed by atoms with Crippen molar-refractivity contribution in [1.82, 2.24) is 0 Å². The molecule has 0 aromatic carbocycles. The predicted molar refractivity (Wildman–Crippen MR) is 65.1 cm³/mol. The van der Waals surface area contributed by atoms with Crippen molar-refractivity contribution >= 4 is 5.71 Å². The van der Waals surface area contributed by atoms with E-state index in [2.05, 4.69) is 20.1 Å². The summed E-state index contributed by atoms with van der Waals surface area (Å²) in [5.41, 5.74) is 2.19. The molecule has 0 amide bonds. The molecule has 0 aliphatic heterocycles. The van der Waals surface area contributed by atoms with Crippen LogP contribution in [0.3, 0.4) is 0 Å². The number of unbranched alkanes of at least 4 members (excludes halogenated alkanes) is 1. The maximum Gasteiger partial charge on any atom is 0.00893 e. The van der Waals surface area contributed by atoms with Gasteiger partial charge in [0.2, 0.25) is 0 Å². The van der Waals surface area contributed by atoms with Gasteiger partial charge in [-0.05, 0) is 44.9 Å². The van der Waals surface area contributed by atoms with Crippen LogP contribution in [0.2, 0.25) is 0 Å². The summed E-state index contributed by atoms with van der Waals surface area (Å²) in [6.45, 7) is 9.77. The molecule has 0 bridgehead atoms. The van der Waals surface area contributed by atoms with Crippen molar-refractivity contribution in [1.29, 1.82) is 5.41 Å². The van der Waals surface area contributed by atoms with Gasteiger partial charge in [-0.3, -0.25) is 0 Å². The first kappa shape index (κ1) is 13.2. The lowest BCUT2D eigenvalue weighted by Crippen LogP contribution is -1.96. The van der Waals surface area contributed by atoms with Crippen molar-refractivity contribution in [3.05, 3.63) is 24.8 Å². The lowest BCUT2D eigenvalue weighted by atomic mass is 10.0. The Morgan fingerprint density at radius 1 is 1.21 bits per heavy atom. The maximum absolute atomic E-state index is 7.70. The first-order valence-electron chi connectivity index (χ1n) is 5.54. The third kappa shape index (κ3) is 7.78. The molecule has 0 fully saturated rings. The molecule has 0 saturated heterocycles. The van der Waals surface area contributed by atoms with Gasteiger partial charge in [-0.2, -0.15) is 0 Å². The average molecular weight is 193 g/mol. The average Bonchev–Trinajstić information content (AvgIpc) is 2.18. The fourth-order valence-electron chi connectivity index (χ4n) is 1.31. The summed E-state index contributed by atoms with van der Waals surface area (Å²) in [5, 5.41) is 7.70. The second-order valence-electron chi connectivity index (χ2n) is 3.74. The smallest absolute Gasteiger partial charge is 0.00893 e. The van der Waals surface area contributed by atoms with Crippen LogP contribution >= 0.6 is 0 Å². The van der Waals surface area contributed by atoms with Crippen LogP contribution in [0.15, 0.2) is 24.8 Å². The summed E-state index contributed by atoms with van der Waals surface area (Å²) in [4.78, 5) is 0. The second-order valence-corrected chi connectivity index (χ2v) is 3.74. The lowest BCUT2D eigenvalue weighted by molar-refractivity contribution is 0.795. The first-order chi connectivity index (χ1) is 6.70. The number of hydrogen-bond donors (Lipinski definition) is 1. The highest BCUT2D eigenvalue weighted by Crippen LogP contribution is 2.10. The van der Waals surface area contributed by atoms with Crippen molar-refractivity contribution in [2.24, 2.45) is 0 Å². The van der Waals surface area contributed by atoms with E-state index in [1.165, 1.54) is 5.57 Å². The third-order valence-electron chi connectivity index (χ3n) is 2.40. The molecule has 0 rings (SSSR count). The van der Waals surface area contributed by atoms with Gasteiger partial charge in [0.25, 0.3) is 0 Å². The molecular formula is C13H23N. The minimum atomic E-state index is 0.885. The van der Waals surface area contributed by atoms with Crippen molar-refractivity contribution < 1.29 is 0 Å². The molecule has 0 aromatic heterocycles. The van der Waals surface area contributed by atoms with E-state index in [1.54, 1.807) is 0 Å². The van der Waals surface area contributed by atoms with Crippen molar-refractivity contribution in [3.63, 3.8) is 0 Å². The number of hydrogen-bond acceptors (Lipinski definition) is 1. The standard InChI is InChI=1S/C13H23N/c1-4-6-7-10-13(14)11-8-9-12(3)5-2/h4,14H,1,3,5-11H2,2H3. The van der Waals surface area contributed by atoms with E-state index in [4.69, 9.17) is 5.41 Å². The SMILES string of the molecule is C=CCCCC(=N)CCCC(=C)CC. The van der Waals surface area contributed by atoms with Crippen molar-refractivity contribution in [3.8, 4) is 0 Å². The highest BCUT2D eigenvalue weighted by Gasteiger charge is 1.97. The molecule has 80 valence electrons. The Kier molecular flexibility index (Phi) is 8.20. The molecule has 0 unspecified atom stereocenters. The molecule has 0 aliphatic carbocycles. The quantitative estimate of drug-likeness (QED) is 0.317. The molecule has 0 heterocycles. The van der Waals surface area contributed by atoms with Gasteiger partial charge in [0.15, 0.2) is 0 Å². The summed E-state index contributed by atoms with van der Waals surface area (Å²) in [6, 6.07) is 0. The minimum Gasteiger partial charge on any atom is -0.310 e. The Morgan fingerprint density at radius 2 is 1.86 bits per heavy atom. The van der Waals surface area contributed by atoms with Gasteiger partial charge in [-0.1, -0.05) is 25.2 Å². The van der Waals surface area contributed by atoms with Crippen molar-refractivity contribution in [2.45, 2.75) is 51.9 Å². The monoisotopic (exact) mass is 193 g/mol. The van der Waals surface area contributed by atoms with Crippen LogP contribution in [0, 0.1) is 5.41 Å². The second kappa shape index (κ2) is 8.74. The Bertz CT molecular complexity index is 191. The molecule has 0 atom stereocenters. The van der Waals surface area contributed by atoms with E-state index in [1.807, 2.05) is 6.08 Å². The molecule has 0 saturated carbocycles. The van der Waals surface area contributed by atoms with Crippen LogP contribution in [0.1, 0.15) is 51.9 Å². The number of rotatable bonds is 9.